The van der Waals surface area contributed by atoms with Crippen LogP contribution in [0.4, 0.5) is 0 Å². The van der Waals surface area contributed by atoms with Gasteiger partial charge in [0.15, 0.2) is 5.65 Å². The summed E-state index contributed by atoms with van der Waals surface area (Å²) in [6.45, 7) is 4.17. The second-order valence-corrected chi connectivity index (χ2v) is 7.47. The molecule has 0 aliphatic heterocycles. The molecule has 1 amide bonds. The van der Waals surface area contributed by atoms with E-state index in [4.69, 9.17) is 11.6 Å². The van der Waals surface area contributed by atoms with E-state index in [1.165, 1.54) is 17.1 Å². The standard InChI is InChI=1S/C22H20ClN5O2/c1-14-6-5-9-19(15(14)2)28-21-17(11-26-28)22(30)27(13-25-21)12-20(29)24-10-16-7-3-4-8-18(16)23/h3-9,11,13H,10,12H2,1-2H3,(H,24,29). The largest absolute Gasteiger partial charge is 0.350 e. The Labute approximate surface area is 177 Å². The van der Waals surface area contributed by atoms with Crippen LogP contribution in [0, 0.1) is 13.8 Å². The number of fused-ring (bicyclic) bond motifs is 1. The molecule has 0 fully saturated rings. The summed E-state index contributed by atoms with van der Waals surface area (Å²) in [5.41, 5.74) is 4.01. The molecule has 0 atom stereocenters. The van der Waals surface area contributed by atoms with Crippen LogP contribution >= 0.6 is 11.6 Å². The van der Waals surface area contributed by atoms with Crippen molar-refractivity contribution in [2.75, 3.05) is 0 Å². The fourth-order valence-corrected chi connectivity index (χ4v) is 3.45. The monoisotopic (exact) mass is 421 g/mol. The smallest absolute Gasteiger partial charge is 0.264 e. The number of nitrogens with one attached hydrogen (secondary N) is 1. The first-order chi connectivity index (χ1) is 14.5. The number of aryl methyl sites for hydroxylation is 1. The number of hydrogen-bond acceptors (Lipinski definition) is 4. The van der Waals surface area contributed by atoms with E-state index in [2.05, 4.69) is 15.4 Å². The first kappa shape index (κ1) is 19.8. The lowest BCUT2D eigenvalue weighted by atomic mass is 10.1. The average Bonchev–Trinajstić information content (AvgIpc) is 3.16. The molecule has 4 aromatic rings. The molecule has 0 aliphatic carbocycles. The molecule has 7 nitrogen and oxygen atoms in total. The van der Waals surface area contributed by atoms with Gasteiger partial charge in [0.25, 0.3) is 5.56 Å². The molecule has 8 heteroatoms. The van der Waals surface area contributed by atoms with E-state index < -0.39 is 0 Å². The predicted octanol–water partition coefficient (Wildman–Crippen LogP) is 3.17. The molecule has 0 aliphatic rings. The minimum atomic E-state index is -0.315. The van der Waals surface area contributed by atoms with Gasteiger partial charge in [-0.2, -0.15) is 5.10 Å². The number of carbonyl (C=O) groups is 1. The topological polar surface area (TPSA) is 81.8 Å². The maximum atomic E-state index is 12.9. The molecule has 0 radical (unpaired) electrons. The average molecular weight is 422 g/mol. The van der Waals surface area contributed by atoms with Crippen LogP contribution in [0.15, 0.2) is 59.8 Å². The van der Waals surface area contributed by atoms with E-state index in [-0.39, 0.29) is 24.6 Å². The summed E-state index contributed by atoms with van der Waals surface area (Å²) in [5.74, 6) is -0.305. The molecule has 0 unspecified atom stereocenters. The van der Waals surface area contributed by atoms with Crippen molar-refractivity contribution in [3.8, 4) is 5.69 Å². The van der Waals surface area contributed by atoms with Crippen molar-refractivity contribution in [3.63, 3.8) is 0 Å². The number of nitrogens with zero attached hydrogens (tertiary/aromatic N) is 4. The molecular formula is C22H20ClN5O2. The van der Waals surface area contributed by atoms with Crippen molar-refractivity contribution in [1.29, 1.82) is 0 Å². The van der Waals surface area contributed by atoms with Gasteiger partial charge in [0.05, 0.1) is 11.9 Å². The highest BCUT2D eigenvalue weighted by atomic mass is 35.5. The number of amides is 1. The van der Waals surface area contributed by atoms with Gasteiger partial charge >= 0.3 is 0 Å². The zero-order valence-electron chi connectivity index (χ0n) is 16.6. The van der Waals surface area contributed by atoms with E-state index in [9.17, 15) is 9.59 Å². The lowest BCUT2D eigenvalue weighted by molar-refractivity contribution is -0.121. The van der Waals surface area contributed by atoms with Crippen LogP contribution in [0.1, 0.15) is 16.7 Å². The molecule has 4 rings (SSSR count). The Morgan fingerprint density at radius 1 is 1.13 bits per heavy atom. The van der Waals surface area contributed by atoms with Crippen molar-refractivity contribution in [1.82, 2.24) is 24.6 Å². The fourth-order valence-electron chi connectivity index (χ4n) is 3.25. The lowest BCUT2D eigenvalue weighted by Gasteiger charge is -2.10. The summed E-state index contributed by atoms with van der Waals surface area (Å²) in [7, 11) is 0. The first-order valence-corrected chi connectivity index (χ1v) is 9.83. The van der Waals surface area contributed by atoms with Crippen molar-refractivity contribution >= 4 is 28.5 Å². The zero-order chi connectivity index (χ0) is 21.3. The maximum absolute atomic E-state index is 12.9. The number of halogens is 1. The van der Waals surface area contributed by atoms with Gasteiger partial charge in [-0.05, 0) is 42.7 Å². The van der Waals surface area contributed by atoms with Crippen LogP contribution < -0.4 is 10.9 Å². The Morgan fingerprint density at radius 3 is 2.73 bits per heavy atom. The van der Waals surface area contributed by atoms with Crippen molar-refractivity contribution in [2.45, 2.75) is 26.9 Å². The number of carbonyl (C=O) groups excluding carboxylic acids is 1. The Bertz CT molecular complexity index is 1310. The summed E-state index contributed by atoms with van der Waals surface area (Å²) < 4.78 is 2.93. The SMILES string of the molecule is Cc1cccc(-n2ncc3c(=O)n(CC(=O)NCc4ccccc4Cl)cnc32)c1C. The van der Waals surface area contributed by atoms with E-state index in [0.29, 0.717) is 16.1 Å². The van der Waals surface area contributed by atoms with Crippen LogP contribution in [-0.2, 0) is 17.9 Å². The third-order valence-corrected chi connectivity index (χ3v) is 5.48. The number of aromatic nitrogens is 4. The van der Waals surface area contributed by atoms with E-state index in [1.54, 1.807) is 10.7 Å². The van der Waals surface area contributed by atoms with Crippen LogP contribution in [0.5, 0.6) is 0 Å². The summed E-state index contributed by atoms with van der Waals surface area (Å²) in [6.07, 6.45) is 2.87. The molecule has 1 N–H and O–H groups in total. The Balaban J connectivity index is 1.57. The third-order valence-electron chi connectivity index (χ3n) is 5.11. The van der Waals surface area contributed by atoms with Crippen molar-refractivity contribution < 1.29 is 4.79 Å². The third kappa shape index (κ3) is 3.71. The number of hydrogen-bond donors (Lipinski definition) is 1. The highest BCUT2D eigenvalue weighted by molar-refractivity contribution is 6.31. The minimum Gasteiger partial charge on any atom is -0.350 e. The summed E-state index contributed by atoms with van der Waals surface area (Å²) >= 11 is 6.11. The molecule has 2 aromatic carbocycles. The summed E-state index contributed by atoms with van der Waals surface area (Å²) in [6, 6.07) is 13.2. The Morgan fingerprint density at radius 2 is 1.93 bits per heavy atom. The van der Waals surface area contributed by atoms with Gasteiger partial charge in [0.2, 0.25) is 5.91 Å². The molecule has 0 spiro atoms. The molecule has 30 heavy (non-hydrogen) atoms. The maximum Gasteiger partial charge on any atom is 0.264 e. The fraction of sp³-hybridized carbons (Fsp3) is 0.182. The summed E-state index contributed by atoms with van der Waals surface area (Å²) in [4.78, 5) is 29.6. The van der Waals surface area contributed by atoms with Crippen molar-refractivity contribution in [3.05, 3.63) is 87.1 Å². The molecule has 0 saturated carbocycles. The molecule has 0 saturated heterocycles. The van der Waals surface area contributed by atoms with Crippen LogP contribution in [0.25, 0.3) is 16.7 Å². The van der Waals surface area contributed by atoms with E-state index >= 15 is 0 Å². The van der Waals surface area contributed by atoms with Gasteiger partial charge in [-0.25, -0.2) is 9.67 Å². The molecular weight excluding hydrogens is 402 g/mol. The van der Waals surface area contributed by atoms with Gasteiger partial charge in [0, 0.05) is 11.6 Å². The first-order valence-electron chi connectivity index (χ1n) is 9.45. The Kier molecular flexibility index (Phi) is 5.37. The van der Waals surface area contributed by atoms with Crippen LogP contribution in [0.2, 0.25) is 5.02 Å². The lowest BCUT2D eigenvalue weighted by Crippen LogP contribution is -2.32. The van der Waals surface area contributed by atoms with Crippen LogP contribution in [0.3, 0.4) is 0 Å². The second-order valence-electron chi connectivity index (χ2n) is 7.06. The Hall–Kier alpha value is -3.45. The minimum absolute atomic E-state index is 0.138. The zero-order valence-corrected chi connectivity index (χ0v) is 17.3. The van der Waals surface area contributed by atoms with E-state index in [1.807, 2.05) is 50.2 Å². The highest BCUT2D eigenvalue weighted by Gasteiger charge is 2.15. The number of benzene rings is 2. The van der Waals surface area contributed by atoms with Crippen molar-refractivity contribution in [2.24, 2.45) is 0 Å². The second kappa shape index (κ2) is 8.12. The van der Waals surface area contributed by atoms with Gasteiger partial charge in [0.1, 0.15) is 18.3 Å². The predicted molar refractivity (Wildman–Crippen MR) is 116 cm³/mol. The number of rotatable bonds is 5. The van der Waals surface area contributed by atoms with Gasteiger partial charge in [-0.3, -0.25) is 14.2 Å². The van der Waals surface area contributed by atoms with Gasteiger partial charge < -0.3 is 5.32 Å². The molecule has 152 valence electrons. The highest BCUT2D eigenvalue weighted by Crippen LogP contribution is 2.20. The summed E-state index contributed by atoms with van der Waals surface area (Å²) in [5, 5.41) is 8.08. The molecule has 0 bridgehead atoms. The molecule has 2 heterocycles. The van der Waals surface area contributed by atoms with Gasteiger partial charge in [-0.15, -0.1) is 0 Å². The quantitative estimate of drug-likeness (QED) is 0.536. The van der Waals surface area contributed by atoms with Gasteiger partial charge in [-0.1, -0.05) is 41.9 Å². The van der Waals surface area contributed by atoms with Crippen LogP contribution in [-0.4, -0.2) is 25.2 Å². The molecule has 2 aromatic heterocycles. The van der Waals surface area contributed by atoms with E-state index in [0.717, 1.165) is 22.4 Å². The normalized spacial score (nSPS) is 11.0.